The van der Waals surface area contributed by atoms with Crippen molar-refractivity contribution >= 4 is 27.7 Å². The summed E-state index contributed by atoms with van der Waals surface area (Å²) in [5, 5.41) is 7.96. The second kappa shape index (κ2) is 7.12. The molecule has 0 saturated heterocycles. The summed E-state index contributed by atoms with van der Waals surface area (Å²) in [4.78, 5) is 0. The number of aryl methyl sites for hydroxylation is 1. The lowest BCUT2D eigenvalue weighted by molar-refractivity contribution is 0.506. The maximum atomic E-state index is 4.43. The van der Waals surface area contributed by atoms with Gasteiger partial charge in [-0.3, -0.25) is 4.68 Å². The average Bonchev–Trinajstić information content (AvgIpc) is 3.03. The van der Waals surface area contributed by atoms with Crippen molar-refractivity contribution in [2.75, 3.05) is 6.54 Å². The monoisotopic (exact) mass is 343 g/mol. The van der Waals surface area contributed by atoms with Crippen molar-refractivity contribution in [3.8, 4) is 0 Å². The predicted octanol–water partition coefficient (Wildman–Crippen LogP) is 3.00. The number of rotatable bonds is 7. The minimum absolute atomic E-state index is 0.0436. The normalized spacial score (nSPS) is 12.8. The number of nitrogens with one attached hydrogen (secondary N) is 1. The molecule has 5 nitrogen and oxygen atoms in total. The third kappa shape index (κ3) is 3.40. The lowest BCUT2D eigenvalue weighted by Crippen LogP contribution is -2.26. The van der Waals surface area contributed by atoms with Gasteiger partial charge in [0.2, 0.25) is 0 Å². The highest BCUT2D eigenvalue weighted by atomic mass is 79.9. The molecule has 0 saturated carbocycles. The Morgan fingerprint density at radius 3 is 2.84 bits per heavy atom. The van der Waals surface area contributed by atoms with Crippen molar-refractivity contribution in [1.29, 1.82) is 0 Å². The van der Waals surface area contributed by atoms with Crippen LogP contribution in [-0.4, -0.2) is 25.1 Å². The minimum atomic E-state index is 0.0436. The van der Waals surface area contributed by atoms with Crippen molar-refractivity contribution in [2.24, 2.45) is 0 Å². The molecule has 2 heterocycles. The summed E-state index contributed by atoms with van der Waals surface area (Å²) in [7, 11) is 0. The van der Waals surface area contributed by atoms with E-state index >= 15 is 0 Å². The summed E-state index contributed by atoms with van der Waals surface area (Å²) in [6.45, 7) is 6.15. The molecule has 0 spiro atoms. The number of nitrogens with zero attached hydrogens (tertiary/aromatic N) is 4. The van der Waals surface area contributed by atoms with Crippen molar-refractivity contribution < 1.29 is 0 Å². The molecule has 2 aromatic heterocycles. The third-order valence-corrected chi connectivity index (χ3v) is 3.92. The predicted molar refractivity (Wildman–Crippen MR) is 80.3 cm³/mol. The summed E-state index contributed by atoms with van der Waals surface area (Å²) in [5.74, 6) is 0. The summed E-state index contributed by atoms with van der Waals surface area (Å²) < 4.78 is 11.5. The summed E-state index contributed by atoms with van der Waals surface area (Å²) in [6.07, 6.45) is 5.81. The third-order valence-electron chi connectivity index (χ3n) is 2.81. The first-order chi connectivity index (χ1) is 9.27. The molecule has 0 fully saturated rings. The quantitative estimate of drug-likeness (QED) is 0.839. The molecule has 0 aromatic carbocycles. The largest absolute Gasteiger partial charge is 0.304 e. The van der Waals surface area contributed by atoms with E-state index in [9.17, 15) is 0 Å². The minimum Gasteiger partial charge on any atom is -0.304 e. The molecule has 1 N–H and O–H groups in total. The molecule has 0 radical (unpaired) electrons. The number of aromatic nitrogens is 4. The molecule has 0 bridgehead atoms. The maximum absolute atomic E-state index is 4.43. The van der Waals surface area contributed by atoms with Gasteiger partial charge >= 0.3 is 0 Å². The number of halogens is 1. The average molecular weight is 344 g/mol. The molecule has 1 atom stereocenters. The van der Waals surface area contributed by atoms with E-state index in [1.165, 1.54) is 11.7 Å². The van der Waals surface area contributed by atoms with Crippen LogP contribution in [0.5, 0.6) is 0 Å². The van der Waals surface area contributed by atoms with Gasteiger partial charge in [-0.25, -0.2) is 0 Å². The van der Waals surface area contributed by atoms with Gasteiger partial charge < -0.3 is 5.32 Å². The molecule has 7 heteroatoms. The van der Waals surface area contributed by atoms with Gasteiger partial charge in [0.15, 0.2) is 0 Å². The Balaban J connectivity index is 2.34. The molecule has 2 aromatic rings. The van der Waals surface area contributed by atoms with E-state index in [-0.39, 0.29) is 6.04 Å². The fraction of sp³-hybridized carbons (Fsp3) is 0.583. The first kappa shape index (κ1) is 14.6. The molecule has 19 heavy (non-hydrogen) atoms. The van der Waals surface area contributed by atoms with Crippen LogP contribution >= 0.6 is 27.7 Å². The van der Waals surface area contributed by atoms with Crippen LogP contribution in [0.15, 0.2) is 16.9 Å². The highest BCUT2D eigenvalue weighted by Gasteiger charge is 2.23. The number of hydrogen-bond donors (Lipinski definition) is 1. The number of hydrogen-bond acceptors (Lipinski definition) is 5. The van der Waals surface area contributed by atoms with Gasteiger partial charge in [-0.2, -0.15) is 13.8 Å². The lowest BCUT2D eigenvalue weighted by Gasteiger charge is -2.18. The molecular weight excluding hydrogens is 326 g/mol. The van der Waals surface area contributed by atoms with Crippen LogP contribution in [0.25, 0.3) is 0 Å². The van der Waals surface area contributed by atoms with Crippen LogP contribution in [0.4, 0.5) is 0 Å². The first-order valence-electron chi connectivity index (χ1n) is 6.50. The van der Waals surface area contributed by atoms with Crippen LogP contribution in [0.1, 0.15) is 44.1 Å². The fourth-order valence-corrected chi connectivity index (χ4v) is 2.95. The zero-order valence-corrected chi connectivity index (χ0v) is 13.5. The lowest BCUT2D eigenvalue weighted by atomic mass is 10.1. The van der Waals surface area contributed by atoms with E-state index in [1.807, 2.05) is 17.1 Å². The Morgan fingerprint density at radius 1 is 1.37 bits per heavy atom. The summed E-state index contributed by atoms with van der Waals surface area (Å²) in [6, 6.07) is 0.0436. The first-order valence-corrected chi connectivity index (χ1v) is 8.02. The van der Waals surface area contributed by atoms with E-state index in [0.29, 0.717) is 0 Å². The molecule has 1 unspecified atom stereocenters. The topological polar surface area (TPSA) is 55.6 Å². The SMILES string of the molecule is CCCNC(c1cnsn1)c1c(Br)cnn1CCC. The zero-order chi connectivity index (χ0) is 13.7. The molecule has 104 valence electrons. The molecular formula is C12H18BrN5S. The molecule has 0 amide bonds. The summed E-state index contributed by atoms with van der Waals surface area (Å²) in [5.41, 5.74) is 2.08. The van der Waals surface area contributed by atoms with Gasteiger partial charge in [0.1, 0.15) is 0 Å². The van der Waals surface area contributed by atoms with Crippen LogP contribution in [0.2, 0.25) is 0 Å². The van der Waals surface area contributed by atoms with Crippen molar-refractivity contribution in [1.82, 2.24) is 23.8 Å². The second-order valence-corrected chi connectivity index (χ2v) is 5.73. The van der Waals surface area contributed by atoms with Gasteiger partial charge in [-0.1, -0.05) is 13.8 Å². The van der Waals surface area contributed by atoms with Crippen molar-refractivity contribution in [3.05, 3.63) is 28.3 Å². The van der Waals surface area contributed by atoms with E-state index in [1.54, 1.807) is 0 Å². The van der Waals surface area contributed by atoms with E-state index < -0.39 is 0 Å². The fourth-order valence-electron chi connectivity index (χ4n) is 1.98. The summed E-state index contributed by atoms with van der Waals surface area (Å²) >= 11 is 4.84. The Bertz CT molecular complexity index is 496. The van der Waals surface area contributed by atoms with Crippen molar-refractivity contribution in [3.63, 3.8) is 0 Å². The highest BCUT2D eigenvalue weighted by Crippen LogP contribution is 2.28. The zero-order valence-electron chi connectivity index (χ0n) is 11.1. The maximum Gasteiger partial charge on any atom is 0.0974 e. The van der Waals surface area contributed by atoms with Gasteiger partial charge in [-0.05, 0) is 35.3 Å². The molecule has 0 aliphatic carbocycles. The van der Waals surface area contributed by atoms with E-state index in [2.05, 4.69) is 48.9 Å². The van der Waals surface area contributed by atoms with Gasteiger partial charge in [0, 0.05) is 6.54 Å². The van der Waals surface area contributed by atoms with Gasteiger partial charge in [-0.15, -0.1) is 0 Å². The molecule has 0 aliphatic rings. The van der Waals surface area contributed by atoms with Gasteiger partial charge in [0.25, 0.3) is 0 Å². The Hall–Kier alpha value is -0.790. The highest BCUT2D eigenvalue weighted by molar-refractivity contribution is 9.10. The van der Waals surface area contributed by atoms with Crippen LogP contribution in [0.3, 0.4) is 0 Å². The molecule has 2 rings (SSSR count). The van der Waals surface area contributed by atoms with Crippen molar-refractivity contribution in [2.45, 2.75) is 39.3 Å². The Kier molecular flexibility index (Phi) is 5.47. The van der Waals surface area contributed by atoms with E-state index in [4.69, 9.17) is 0 Å². The molecule has 0 aliphatic heterocycles. The van der Waals surface area contributed by atoms with Crippen LogP contribution in [0, 0.1) is 0 Å². The smallest absolute Gasteiger partial charge is 0.0974 e. The van der Waals surface area contributed by atoms with E-state index in [0.717, 1.165) is 41.8 Å². The second-order valence-electron chi connectivity index (χ2n) is 4.32. The Labute approximate surface area is 125 Å². The Morgan fingerprint density at radius 2 is 2.21 bits per heavy atom. The van der Waals surface area contributed by atoms with Crippen LogP contribution < -0.4 is 5.32 Å². The van der Waals surface area contributed by atoms with Gasteiger partial charge in [0.05, 0.1) is 46.0 Å². The standard InChI is InChI=1S/C12H18BrN5S/c1-3-5-14-11(10-8-16-19-17-10)12-9(13)7-15-18(12)6-4-2/h7-8,11,14H,3-6H2,1-2H3. The van der Waals surface area contributed by atoms with Crippen LogP contribution in [-0.2, 0) is 6.54 Å².